The maximum atomic E-state index is 12.2. The van der Waals surface area contributed by atoms with Crippen LogP contribution in [0.4, 0.5) is 5.69 Å². The van der Waals surface area contributed by atoms with Crippen LogP contribution in [0.2, 0.25) is 0 Å². The Bertz CT molecular complexity index is 750. The van der Waals surface area contributed by atoms with Crippen LogP contribution in [0, 0.1) is 0 Å². The normalized spacial score (nSPS) is 9.96. The molecule has 25 heavy (non-hydrogen) atoms. The minimum absolute atomic E-state index is 0.117. The largest absolute Gasteiger partial charge is 0.383 e. The molecule has 3 N–H and O–H groups in total. The molecule has 0 atom stereocenters. The smallest absolute Gasteiger partial charge is 0.257 e. The van der Waals surface area contributed by atoms with E-state index in [1.807, 2.05) is 6.07 Å². The van der Waals surface area contributed by atoms with Crippen LogP contribution in [0.15, 0.2) is 54.6 Å². The highest BCUT2D eigenvalue weighted by atomic mass is 32.1. The maximum absolute atomic E-state index is 12.2. The molecule has 0 aliphatic rings. The van der Waals surface area contributed by atoms with Gasteiger partial charge in [0.15, 0.2) is 5.11 Å². The van der Waals surface area contributed by atoms with Crippen molar-refractivity contribution >= 4 is 34.8 Å². The SMILES string of the molecule is COCCNC(=O)c1ccccc1NC(=S)NC(=O)c1ccccc1. The Balaban J connectivity index is 2.01. The number of nitrogens with one attached hydrogen (secondary N) is 3. The molecule has 130 valence electrons. The third-order valence-corrected chi connectivity index (χ3v) is 3.48. The summed E-state index contributed by atoms with van der Waals surface area (Å²) < 4.78 is 4.91. The van der Waals surface area contributed by atoms with E-state index in [2.05, 4.69) is 16.0 Å². The van der Waals surface area contributed by atoms with Crippen molar-refractivity contribution in [3.05, 3.63) is 65.7 Å². The average molecular weight is 357 g/mol. The van der Waals surface area contributed by atoms with Gasteiger partial charge in [0.05, 0.1) is 17.9 Å². The van der Waals surface area contributed by atoms with Gasteiger partial charge >= 0.3 is 0 Å². The summed E-state index contributed by atoms with van der Waals surface area (Å²) in [5.41, 5.74) is 1.43. The molecule has 6 nitrogen and oxygen atoms in total. The van der Waals surface area contributed by atoms with Crippen molar-refractivity contribution in [2.24, 2.45) is 0 Å². The summed E-state index contributed by atoms with van der Waals surface area (Å²) in [7, 11) is 1.56. The zero-order valence-corrected chi connectivity index (χ0v) is 14.6. The Labute approximate surface area is 151 Å². The Kier molecular flexibility index (Phi) is 7.06. The molecule has 0 saturated heterocycles. The molecule has 2 rings (SSSR count). The van der Waals surface area contributed by atoms with Gasteiger partial charge in [-0.05, 0) is 36.5 Å². The number of amides is 2. The summed E-state index contributed by atoms with van der Waals surface area (Å²) in [5.74, 6) is -0.572. The zero-order chi connectivity index (χ0) is 18.1. The van der Waals surface area contributed by atoms with E-state index >= 15 is 0 Å². The van der Waals surface area contributed by atoms with Gasteiger partial charge in [0.25, 0.3) is 11.8 Å². The fraction of sp³-hybridized carbons (Fsp3) is 0.167. The third kappa shape index (κ3) is 5.66. The molecule has 2 aromatic carbocycles. The number of benzene rings is 2. The molecule has 2 aromatic rings. The lowest BCUT2D eigenvalue weighted by molar-refractivity contribution is 0.0937. The van der Waals surface area contributed by atoms with E-state index in [1.54, 1.807) is 55.6 Å². The summed E-state index contributed by atoms with van der Waals surface area (Å²) in [5, 5.41) is 8.34. The highest BCUT2D eigenvalue weighted by Crippen LogP contribution is 2.14. The first-order valence-corrected chi connectivity index (χ1v) is 8.06. The number of ether oxygens (including phenoxy) is 1. The van der Waals surface area contributed by atoms with E-state index < -0.39 is 0 Å². The van der Waals surface area contributed by atoms with E-state index in [4.69, 9.17) is 17.0 Å². The van der Waals surface area contributed by atoms with Crippen LogP contribution in [0.5, 0.6) is 0 Å². The van der Waals surface area contributed by atoms with Crippen molar-refractivity contribution in [1.82, 2.24) is 10.6 Å². The molecule has 0 saturated carbocycles. The summed E-state index contributed by atoms with van der Waals surface area (Å²) in [4.78, 5) is 24.3. The van der Waals surface area contributed by atoms with Gasteiger partial charge in [-0.15, -0.1) is 0 Å². The number of para-hydroxylation sites is 1. The van der Waals surface area contributed by atoms with Gasteiger partial charge < -0.3 is 15.4 Å². The number of hydrogen-bond donors (Lipinski definition) is 3. The predicted molar refractivity (Wildman–Crippen MR) is 101 cm³/mol. The lowest BCUT2D eigenvalue weighted by atomic mass is 10.1. The molecule has 7 heteroatoms. The van der Waals surface area contributed by atoms with Gasteiger partial charge in [0.2, 0.25) is 0 Å². The molecule has 0 aliphatic heterocycles. The van der Waals surface area contributed by atoms with Gasteiger partial charge in [0.1, 0.15) is 0 Å². The molecular formula is C18H19N3O3S. The van der Waals surface area contributed by atoms with Crippen LogP contribution in [0.3, 0.4) is 0 Å². The second-order valence-electron chi connectivity index (χ2n) is 5.07. The number of carbonyl (C=O) groups excluding carboxylic acids is 2. The fourth-order valence-corrected chi connectivity index (χ4v) is 2.27. The van der Waals surface area contributed by atoms with Crippen molar-refractivity contribution < 1.29 is 14.3 Å². The monoisotopic (exact) mass is 357 g/mol. The summed E-state index contributed by atoms with van der Waals surface area (Å²) in [6, 6.07) is 15.7. The molecule has 0 spiro atoms. The Morgan fingerprint density at radius 3 is 2.40 bits per heavy atom. The van der Waals surface area contributed by atoms with Crippen molar-refractivity contribution in [2.75, 3.05) is 25.6 Å². The van der Waals surface area contributed by atoms with Gasteiger partial charge in [-0.2, -0.15) is 0 Å². The molecule has 0 heterocycles. The molecule has 0 aliphatic carbocycles. The second kappa shape index (κ2) is 9.51. The van der Waals surface area contributed by atoms with Crippen LogP contribution in [0.1, 0.15) is 20.7 Å². The third-order valence-electron chi connectivity index (χ3n) is 3.27. The van der Waals surface area contributed by atoms with Crippen molar-refractivity contribution in [2.45, 2.75) is 0 Å². The summed E-state index contributed by atoms with van der Waals surface area (Å²) in [6.07, 6.45) is 0. The minimum atomic E-state index is -0.319. The molecule has 0 aromatic heterocycles. The molecule has 0 fully saturated rings. The van der Waals surface area contributed by atoms with Crippen molar-refractivity contribution in [3.63, 3.8) is 0 Å². The number of rotatable bonds is 6. The summed E-state index contributed by atoms with van der Waals surface area (Å²) in [6.45, 7) is 0.825. The molecule has 0 bridgehead atoms. The van der Waals surface area contributed by atoms with E-state index in [0.29, 0.717) is 30.0 Å². The first-order chi connectivity index (χ1) is 12.1. The highest BCUT2D eigenvalue weighted by molar-refractivity contribution is 7.80. The van der Waals surface area contributed by atoms with E-state index in [-0.39, 0.29) is 16.9 Å². The van der Waals surface area contributed by atoms with E-state index in [9.17, 15) is 9.59 Å². The molecule has 2 amide bonds. The Morgan fingerprint density at radius 2 is 1.68 bits per heavy atom. The summed E-state index contributed by atoms with van der Waals surface area (Å²) >= 11 is 5.17. The van der Waals surface area contributed by atoms with Crippen LogP contribution in [-0.4, -0.2) is 37.2 Å². The standard InChI is InChI=1S/C18H19N3O3S/c1-24-12-11-19-17(23)14-9-5-6-10-15(14)20-18(25)21-16(22)13-7-3-2-4-8-13/h2-10H,11-12H2,1H3,(H,19,23)(H2,20,21,22,25). The number of anilines is 1. The van der Waals surface area contributed by atoms with Crippen LogP contribution >= 0.6 is 12.2 Å². The number of thiocarbonyl (C=S) groups is 1. The predicted octanol–water partition coefficient (Wildman–Crippen LogP) is 2.19. The lowest BCUT2D eigenvalue weighted by Gasteiger charge is -2.13. The molecule has 0 radical (unpaired) electrons. The van der Waals surface area contributed by atoms with E-state index in [1.165, 1.54) is 0 Å². The Morgan fingerprint density at radius 1 is 1.00 bits per heavy atom. The van der Waals surface area contributed by atoms with E-state index in [0.717, 1.165) is 0 Å². The van der Waals surface area contributed by atoms with Crippen LogP contribution in [-0.2, 0) is 4.74 Å². The first-order valence-electron chi connectivity index (χ1n) is 7.65. The van der Waals surface area contributed by atoms with Gasteiger partial charge in [0, 0.05) is 19.2 Å². The topological polar surface area (TPSA) is 79.5 Å². The first kappa shape index (κ1) is 18.6. The molecular weight excluding hydrogens is 338 g/mol. The highest BCUT2D eigenvalue weighted by Gasteiger charge is 2.13. The quantitative estimate of drug-likeness (QED) is 0.546. The van der Waals surface area contributed by atoms with Crippen LogP contribution < -0.4 is 16.0 Å². The number of hydrogen-bond acceptors (Lipinski definition) is 4. The molecule has 0 unspecified atom stereocenters. The second-order valence-corrected chi connectivity index (χ2v) is 5.48. The zero-order valence-electron chi connectivity index (χ0n) is 13.7. The maximum Gasteiger partial charge on any atom is 0.257 e. The minimum Gasteiger partial charge on any atom is -0.383 e. The van der Waals surface area contributed by atoms with Crippen molar-refractivity contribution in [1.29, 1.82) is 0 Å². The fourth-order valence-electron chi connectivity index (χ4n) is 2.07. The van der Waals surface area contributed by atoms with Crippen LogP contribution in [0.25, 0.3) is 0 Å². The van der Waals surface area contributed by atoms with Gasteiger partial charge in [-0.1, -0.05) is 30.3 Å². The average Bonchev–Trinajstić information content (AvgIpc) is 2.63. The lowest BCUT2D eigenvalue weighted by Crippen LogP contribution is -2.35. The van der Waals surface area contributed by atoms with Gasteiger partial charge in [-0.25, -0.2) is 0 Å². The van der Waals surface area contributed by atoms with Crippen molar-refractivity contribution in [3.8, 4) is 0 Å². The number of methoxy groups -OCH3 is 1. The number of carbonyl (C=O) groups is 2. The Hall–Kier alpha value is -2.77. The van der Waals surface area contributed by atoms with Gasteiger partial charge in [-0.3, -0.25) is 14.9 Å².